The Morgan fingerprint density at radius 2 is 2.17 bits per heavy atom. The van der Waals surface area contributed by atoms with E-state index in [9.17, 15) is 9.90 Å². The largest absolute Gasteiger partial charge is 0.506 e. The van der Waals surface area contributed by atoms with E-state index < -0.39 is 0 Å². The number of nitrogens with zero attached hydrogens (tertiary/aromatic N) is 2. The average Bonchev–Trinajstić information content (AvgIpc) is 2.58. The zero-order valence-electron chi connectivity index (χ0n) is 13.7. The third-order valence-electron chi connectivity index (χ3n) is 3.56. The molecule has 7 heteroatoms. The normalized spacial score (nSPS) is 11.3. The zero-order chi connectivity index (χ0) is 17.7. The molecule has 0 spiro atoms. The molecule has 24 heavy (non-hydrogen) atoms. The van der Waals surface area contributed by atoms with Gasteiger partial charge in [-0.05, 0) is 38.2 Å². The van der Waals surface area contributed by atoms with Gasteiger partial charge in [0.15, 0.2) is 5.11 Å². The summed E-state index contributed by atoms with van der Waals surface area (Å²) in [5.74, 6) is -0.0756. The van der Waals surface area contributed by atoms with E-state index in [0.29, 0.717) is 34.8 Å². The molecule has 0 radical (unpaired) electrons. The van der Waals surface area contributed by atoms with Crippen molar-refractivity contribution >= 4 is 33.9 Å². The van der Waals surface area contributed by atoms with Crippen molar-refractivity contribution < 1.29 is 5.11 Å². The Bertz CT molecular complexity index is 871. The molecule has 3 N–H and O–H groups in total. The number of rotatable bonds is 5. The molecule has 1 aromatic carbocycles. The van der Waals surface area contributed by atoms with Crippen LogP contribution in [-0.4, -0.2) is 27.0 Å². The van der Waals surface area contributed by atoms with Gasteiger partial charge in [-0.15, -0.1) is 6.58 Å². The van der Waals surface area contributed by atoms with Gasteiger partial charge in [0, 0.05) is 18.5 Å². The second-order valence-corrected chi connectivity index (χ2v) is 5.51. The Labute approximate surface area is 145 Å². The highest BCUT2D eigenvalue weighted by atomic mass is 32.1. The van der Waals surface area contributed by atoms with Crippen molar-refractivity contribution in [2.75, 3.05) is 6.54 Å². The molecule has 126 valence electrons. The van der Waals surface area contributed by atoms with Crippen molar-refractivity contribution in [3.05, 3.63) is 52.8 Å². The Morgan fingerprint density at radius 1 is 1.46 bits per heavy atom. The number of hydrogen-bond acceptors (Lipinski definition) is 4. The van der Waals surface area contributed by atoms with Crippen molar-refractivity contribution in [2.24, 2.45) is 5.10 Å². The summed E-state index contributed by atoms with van der Waals surface area (Å²) in [7, 11) is 0. The van der Waals surface area contributed by atoms with Crippen molar-refractivity contribution in [1.29, 1.82) is 0 Å². The molecule has 0 bridgehead atoms. The molecule has 0 saturated heterocycles. The number of aromatic hydroxyl groups is 1. The second kappa shape index (κ2) is 7.74. The number of pyridine rings is 1. The molecule has 2 aromatic rings. The first-order valence-electron chi connectivity index (χ1n) is 7.55. The quantitative estimate of drug-likeness (QED) is 0.335. The zero-order valence-corrected chi connectivity index (χ0v) is 14.5. The number of fused-ring (bicyclic) bond motifs is 1. The minimum absolute atomic E-state index is 0.0756. The lowest BCUT2D eigenvalue weighted by Crippen LogP contribution is -2.33. The van der Waals surface area contributed by atoms with Gasteiger partial charge in [-0.1, -0.05) is 18.2 Å². The number of para-hydroxylation sites is 1. The lowest BCUT2D eigenvalue weighted by Gasteiger charge is -2.13. The standard InChI is InChI=1S/C17H20N4O2S/c1-4-10-18-17(24)20-19-11(3)14-15(22)12-8-6-7-9-13(12)21(5-2)16(14)23/h4,6-9,22H,1,5,10H2,2-3H3,(H2,18,20,24)/b19-11+. The number of benzene rings is 1. The summed E-state index contributed by atoms with van der Waals surface area (Å²) >= 11 is 5.06. The lowest BCUT2D eigenvalue weighted by atomic mass is 10.1. The Balaban J connectivity index is 2.50. The third-order valence-corrected chi connectivity index (χ3v) is 3.79. The van der Waals surface area contributed by atoms with E-state index in [2.05, 4.69) is 22.4 Å². The number of aryl methyl sites for hydroxylation is 1. The molecule has 0 amide bonds. The van der Waals surface area contributed by atoms with E-state index in [-0.39, 0.29) is 16.9 Å². The summed E-state index contributed by atoms with van der Waals surface area (Å²) in [6.07, 6.45) is 1.67. The molecule has 6 nitrogen and oxygen atoms in total. The van der Waals surface area contributed by atoms with Gasteiger partial charge < -0.3 is 15.0 Å². The molecular weight excluding hydrogens is 324 g/mol. The molecule has 0 atom stereocenters. The van der Waals surface area contributed by atoms with Gasteiger partial charge in [0.2, 0.25) is 0 Å². The van der Waals surface area contributed by atoms with E-state index in [4.69, 9.17) is 12.2 Å². The SMILES string of the molecule is C=CCNC(=S)N/N=C(\C)c1c(O)c2ccccc2n(CC)c1=O. The highest BCUT2D eigenvalue weighted by Gasteiger charge is 2.17. The highest BCUT2D eigenvalue weighted by Crippen LogP contribution is 2.26. The number of aromatic nitrogens is 1. The third kappa shape index (κ3) is 3.46. The molecule has 1 aromatic heterocycles. The fraction of sp³-hybridized carbons (Fsp3) is 0.235. The topological polar surface area (TPSA) is 78.7 Å². The molecule has 0 aliphatic heterocycles. The summed E-state index contributed by atoms with van der Waals surface area (Å²) in [6.45, 7) is 8.11. The van der Waals surface area contributed by atoms with Crippen molar-refractivity contribution in [3.8, 4) is 5.75 Å². The van der Waals surface area contributed by atoms with Crippen LogP contribution in [0.5, 0.6) is 5.75 Å². The van der Waals surface area contributed by atoms with E-state index in [1.807, 2.05) is 25.1 Å². The number of hydrazone groups is 1. The van der Waals surface area contributed by atoms with Gasteiger partial charge in [-0.25, -0.2) is 0 Å². The Morgan fingerprint density at radius 3 is 2.83 bits per heavy atom. The van der Waals surface area contributed by atoms with E-state index >= 15 is 0 Å². The molecule has 1 heterocycles. The molecule has 0 fully saturated rings. The summed E-state index contributed by atoms with van der Waals surface area (Å²) in [6, 6.07) is 7.23. The first-order chi connectivity index (χ1) is 11.5. The van der Waals surface area contributed by atoms with E-state index in [0.717, 1.165) is 0 Å². The minimum Gasteiger partial charge on any atom is -0.506 e. The van der Waals surface area contributed by atoms with Crippen LogP contribution in [0, 0.1) is 0 Å². The van der Waals surface area contributed by atoms with Crippen LogP contribution in [0.4, 0.5) is 0 Å². The van der Waals surface area contributed by atoms with Gasteiger partial charge in [0.05, 0.1) is 11.2 Å². The van der Waals surface area contributed by atoms with Crippen LogP contribution < -0.4 is 16.3 Å². The van der Waals surface area contributed by atoms with Gasteiger partial charge in [-0.3, -0.25) is 10.2 Å². The number of nitrogens with one attached hydrogen (secondary N) is 2. The summed E-state index contributed by atoms with van der Waals surface area (Å²) in [5, 5.41) is 18.4. The monoisotopic (exact) mass is 344 g/mol. The molecule has 0 saturated carbocycles. The first kappa shape index (κ1) is 17.7. The van der Waals surface area contributed by atoms with E-state index in [1.165, 1.54) is 0 Å². The average molecular weight is 344 g/mol. The van der Waals surface area contributed by atoms with Crippen LogP contribution >= 0.6 is 12.2 Å². The van der Waals surface area contributed by atoms with Crippen LogP contribution in [0.3, 0.4) is 0 Å². The van der Waals surface area contributed by atoms with Crippen LogP contribution in [0.25, 0.3) is 10.9 Å². The van der Waals surface area contributed by atoms with Crippen molar-refractivity contribution in [2.45, 2.75) is 20.4 Å². The maximum Gasteiger partial charge on any atom is 0.263 e. The second-order valence-electron chi connectivity index (χ2n) is 5.10. The summed E-state index contributed by atoms with van der Waals surface area (Å²) in [4.78, 5) is 12.7. The molecule has 2 rings (SSSR count). The highest BCUT2D eigenvalue weighted by molar-refractivity contribution is 7.80. The first-order valence-corrected chi connectivity index (χ1v) is 7.96. The van der Waals surface area contributed by atoms with Crippen LogP contribution in [-0.2, 0) is 6.54 Å². The Hall–Kier alpha value is -2.67. The number of hydrogen-bond donors (Lipinski definition) is 3. The number of thiocarbonyl (C=S) groups is 1. The molecule has 0 aliphatic rings. The predicted octanol–water partition coefficient (Wildman–Crippen LogP) is 2.10. The van der Waals surface area contributed by atoms with Gasteiger partial charge in [-0.2, -0.15) is 5.10 Å². The smallest absolute Gasteiger partial charge is 0.263 e. The maximum absolute atomic E-state index is 12.7. The van der Waals surface area contributed by atoms with E-state index in [1.54, 1.807) is 23.6 Å². The fourth-order valence-electron chi connectivity index (χ4n) is 2.42. The van der Waals surface area contributed by atoms with Crippen LogP contribution in [0.2, 0.25) is 0 Å². The predicted molar refractivity (Wildman–Crippen MR) is 102 cm³/mol. The van der Waals surface area contributed by atoms with Gasteiger partial charge >= 0.3 is 0 Å². The molecule has 0 aliphatic carbocycles. The Kier molecular flexibility index (Phi) is 5.70. The van der Waals surface area contributed by atoms with Gasteiger partial charge in [0.25, 0.3) is 5.56 Å². The lowest BCUT2D eigenvalue weighted by molar-refractivity contribution is 0.477. The van der Waals surface area contributed by atoms with Crippen molar-refractivity contribution in [1.82, 2.24) is 15.3 Å². The van der Waals surface area contributed by atoms with Crippen LogP contribution in [0.1, 0.15) is 19.4 Å². The van der Waals surface area contributed by atoms with Crippen molar-refractivity contribution in [3.63, 3.8) is 0 Å². The molecular formula is C17H20N4O2S. The van der Waals surface area contributed by atoms with Crippen LogP contribution in [0.15, 0.2) is 46.8 Å². The fourth-order valence-corrected chi connectivity index (χ4v) is 2.55. The minimum atomic E-state index is -0.290. The summed E-state index contributed by atoms with van der Waals surface area (Å²) < 4.78 is 1.61. The molecule has 0 unspecified atom stereocenters. The van der Waals surface area contributed by atoms with Gasteiger partial charge in [0.1, 0.15) is 11.3 Å². The summed E-state index contributed by atoms with van der Waals surface area (Å²) in [5.41, 5.74) is 3.57. The maximum atomic E-state index is 12.7.